The van der Waals surface area contributed by atoms with Gasteiger partial charge in [0.05, 0.1) is 24.4 Å². The van der Waals surface area contributed by atoms with Crippen LogP contribution in [0, 0.1) is 6.92 Å². The predicted molar refractivity (Wildman–Crippen MR) is 113 cm³/mol. The third-order valence-corrected chi connectivity index (χ3v) is 4.03. The third-order valence-electron chi connectivity index (χ3n) is 4.03. The number of anilines is 3. The number of ether oxygens (including phenoxy) is 1. The number of amides is 1. The molecular weight excluding hydrogens is 350 g/mol. The zero-order chi connectivity index (χ0) is 19.9. The zero-order valence-electron chi connectivity index (χ0n) is 16.4. The van der Waals surface area contributed by atoms with Gasteiger partial charge in [-0.2, -0.15) is 0 Å². The van der Waals surface area contributed by atoms with Gasteiger partial charge in [0, 0.05) is 5.69 Å². The summed E-state index contributed by atoms with van der Waals surface area (Å²) in [7, 11) is 0. The number of nitrogens with one attached hydrogen (secondary N) is 2. The molecule has 3 rings (SSSR count). The molecule has 0 atom stereocenters. The molecule has 1 amide bonds. The molecule has 0 unspecified atom stereocenters. The van der Waals surface area contributed by atoms with Crippen LogP contribution in [-0.4, -0.2) is 17.0 Å². The normalized spacial score (nSPS) is 10.6. The summed E-state index contributed by atoms with van der Waals surface area (Å²) in [4.78, 5) is 16.5. The van der Waals surface area contributed by atoms with Crippen LogP contribution >= 0.6 is 0 Å². The van der Waals surface area contributed by atoms with Crippen molar-refractivity contribution in [1.82, 2.24) is 4.98 Å². The van der Waals surface area contributed by atoms with E-state index in [2.05, 4.69) is 15.6 Å². The zero-order valence-corrected chi connectivity index (χ0v) is 16.4. The smallest absolute Gasteiger partial charge is 0.228 e. The van der Waals surface area contributed by atoms with Gasteiger partial charge in [0.15, 0.2) is 0 Å². The van der Waals surface area contributed by atoms with Crippen molar-refractivity contribution in [3.05, 3.63) is 78.0 Å². The van der Waals surface area contributed by atoms with Crippen molar-refractivity contribution in [3.8, 4) is 5.75 Å². The largest absolute Gasteiger partial charge is 0.491 e. The van der Waals surface area contributed by atoms with Crippen LogP contribution in [0.4, 0.5) is 17.2 Å². The van der Waals surface area contributed by atoms with Crippen LogP contribution in [-0.2, 0) is 11.2 Å². The van der Waals surface area contributed by atoms with Gasteiger partial charge in [0.25, 0.3) is 0 Å². The summed E-state index contributed by atoms with van der Waals surface area (Å²) in [6.45, 7) is 6.02. The third kappa shape index (κ3) is 5.84. The van der Waals surface area contributed by atoms with Gasteiger partial charge in [-0.05, 0) is 62.7 Å². The Labute approximate surface area is 165 Å². The Bertz CT molecular complexity index is 902. The molecule has 0 saturated carbocycles. The Hall–Kier alpha value is -3.34. The Morgan fingerprint density at radius 1 is 0.964 bits per heavy atom. The molecule has 5 heteroatoms. The van der Waals surface area contributed by atoms with E-state index in [-0.39, 0.29) is 12.0 Å². The van der Waals surface area contributed by atoms with E-state index in [0.717, 1.165) is 17.0 Å². The van der Waals surface area contributed by atoms with Crippen molar-refractivity contribution < 1.29 is 9.53 Å². The van der Waals surface area contributed by atoms with E-state index in [1.54, 1.807) is 6.20 Å². The molecule has 28 heavy (non-hydrogen) atoms. The van der Waals surface area contributed by atoms with E-state index in [0.29, 0.717) is 17.9 Å². The van der Waals surface area contributed by atoms with Crippen LogP contribution in [0.1, 0.15) is 25.0 Å². The van der Waals surface area contributed by atoms with Crippen LogP contribution in [0.15, 0.2) is 66.9 Å². The maximum atomic E-state index is 12.2. The minimum Gasteiger partial charge on any atom is -0.491 e. The number of carbonyl (C=O) groups excluding carboxylic acids is 1. The van der Waals surface area contributed by atoms with E-state index < -0.39 is 0 Å². The summed E-state index contributed by atoms with van der Waals surface area (Å²) in [5.41, 5.74) is 3.75. The second kappa shape index (κ2) is 9.04. The molecular formula is C23H25N3O2. The summed E-state index contributed by atoms with van der Waals surface area (Å²) < 4.78 is 5.64. The quantitative estimate of drug-likeness (QED) is 0.603. The molecule has 2 N–H and O–H groups in total. The summed E-state index contributed by atoms with van der Waals surface area (Å²) in [5.74, 6) is 1.47. The van der Waals surface area contributed by atoms with Gasteiger partial charge < -0.3 is 15.4 Å². The average molecular weight is 375 g/mol. The molecule has 0 spiro atoms. The Morgan fingerprint density at radius 3 is 2.25 bits per heavy atom. The fourth-order valence-corrected chi connectivity index (χ4v) is 2.68. The molecule has 0 fully saturated rings. The highest BCUT2D eigenvalue weighted by atomic mass is 16.5. The van der Waals surface area contributed by atoms with Crippen molar-refractivity contribution in [2.45, 2.75) is 33.3 Å². The first-order chi connectivity index (χ1) is 13.5. The first kappa shape index (κ1) is 19.4. The molecule has 0 aliphatic rings. The fraction of sp³-hybridized carbons (Fsp3) is 0.217. The Kier molecular flexibility index (Phi) is 6.27. The molecule has 144 valence electrons. The van der Waals surface area contributed by atoms with Crippen molar-refractivity contribution in [1.29, 1.82) is 0 Å². The molecule has 2 aromatic carbocycles. The maximum absolute atomic E-state index is 12.2. The van der Waals surface area contributed by atoms with Crippen molar-refractivity contribution in [3.63, 3.8) is 0 Å². The molecule has 5 nitrogen and oxygen atoms in total. The second-order valence-corrected chi connectivity index (χ2v) is 6.96. The molecule has 0 radical (unpaired) electrons. The summed E-state index contributed by atoms with van der Waals surface area (Å²) in [6.07, 6.45) is 2.13. The van der Waals surface area contributed by atoms with Crippen molar-refractivity contribution in [2.75, 3.05) is 10.6 Å². The molecule has 0 bridgehead atoms. The number of nitrogens with zero attached hydrogens (tertiary/aromatic N) is 1. The number of carbonyl (C=O) groups is 1. The SMILES string of the molecule is Cc1ccc(CC(=O)Nc2ccc(Nc3ccc(OC(C)C)cc3)nc2)cc1. The van der Waals surface area contributed by atoms with Crippen LogP contribution < -0.4 is 15.4 Å². The van der Waals surface area contributed by atoms with Crippen LogP contribution in [0.3, 0.4) is 0 Å². The van der Waals surface area contributed by atoms with Crippen LogP contribution in [0.2, 0.25) is 0 Å². The van der Waals surface area contributed by atoms with Crippen molar-refractivity contribution in [2.24, 2.45) is 0 Å². The average Bonchev–Trinajstić information content (AvgIpc) is 2.66. The molecule has 1 aromatic heterocycles. The monoisotopic (exact) mass is 375 g/mol. The number of benzene rings is 2. The lowest BCUT2D eigenvalue weighted by molar-refractivity contribution is -0.115. The Morgan fingerprint density at radius 2 is 1.64 bits per heavy atom. The number of hydrogen-bond donors (Lipinski definition) is 2. The van der Waals surface area contributed by atoms with E-state index in [1.807, 2.05) is 81.4 Å². The highest BCUT2D eigenvalue weighted by molar-refractivity contribution is 5.92. The fourth-order valence-electron chi connectivity index (χ4n) is 2.68. The lowest BCUT2D eigenvalue weighted by Gasteiger charge is -2.11. The van der Waals surface area contributed by atoms with E-state index >= 15 is 0 Å². The van der Waals surface area contributed by atoms with Gasteiger partial charge in [-0.3, -0.25) is 4.79 Å². The number of pyridine rings is 1. The van der Waals surface area contributed by atoms with Crippen LogP contribution in [0.5, 0.6) is 5.75 Å². The van der Waals surface area contributed by atoms with E-state index in [4.69, 9.17) is 4.74 Å². The predicted octanol–water partition coefficient (Wildman–Crippen LogP) is 5.10. The highest BCUT2D eigenvalue weighted by Crippen LogP contribution is 2.20. The van der Waals surface area contributed by atoms with Gasteiger partial charge in [-0.25, -0.2) is 4.98 Å². The van der Waals surface area contributed by atoms with Gasteiger partial charge in [-0.1, -0.05) is 29.8 Å². The van der Waals surface area contributed by atoms with Gasteiger partial charge in [0.2, 0.25) is 5.91 Å². The standard InChI is InChI=1S/C23H25N3O2/c1-16(2)28-21-11-8-19(9-12-21)25-22-13-10-20(15-24-22)26-23(27)14-18-6-4-17(3)5-7-18/h4-13,15-16H,14H2,1-3H3,(H,24,25)(H,26,27). The van der Waals surface area contributed by atoms with Crippen LogP contribution in [0.25, 0.3) is 0 Å². The molecule has 1 heterocycles. The minimum atomic E-state index is -0.0629. The van der Waals surface area contributed by atoms with E-state index in [9.17, 15) is 4.79 Å². The minimum absolute atomic E-state index is 0.0629. The maximum Gasteiger partial charge on any atom is 0.228 e. The Balaban J connectivity index is 1.54. The number of aryl methyl sites for hydroxylation is 1. The van der Waals surface area contributed by atoms with Gasteiger partial charge >= 0.3 is 0 Å². The molecule has 0 aliphatic carbocycles. The summed E-state index contributed by atoms with van der Waals surface area (Å²) in [6, 6.07) is 19.3. The first-order valence-corrected chi connectivity index (χ1v) is 9.33. The lowest BCUT2D eigenvalue weighted by atomic mass is 10.1. The van der Waals surface area contributed by atoms with E-state index in [1.165, 1.54) is 5.56 Å². The summed E-state index contributed by atoms with van der Waals surface area (Å²) >= 11 is 0. The lowest BCUT2D eigenvalue weighted by Crippen LogP contribution is -2.14. The van der Waals surface area contributed by atoms with Gasteiger partial charge in [-0.15, -0.1) is 0 Å². The number of rotatable bonds is 7. The topological polar surface area (TPSA) is 63.2 Å². The molecule has 0 saturated heterocycles. The first-order valence-electron chi connectivity index (χ1n) is 9.33. The van der Waals surface area contributed by atoms with Gasteiger partial charge in [0.1, 0.15) is 11.6 Å². The van der Waals surface area contributed by atoms with Crippen molar-refractivity contribution >= 4 is 23.1 Å². The molecule has 3 aromatic rings. The summed E-state index contributed by atoms with van der Waals surface area (Å²) in [5, 5.41) is 6.11. The number of aromatic nitrogens is 1. The highest BCUT2D eigenvalue weighted by Gasteiger charge is 2.05. The molecule has 0 aliphatic heterocycles. The second-order valence-electron chi connectivity index (χ2n) is 6.96. The number of hydrogen-bond acceptors (Lipinski definition) is 4.